The van der Waals surface area contributed by atoms with Crippen LogP contribution in [0.2, 0.25) is 5.02 Å². The van der Waals surface area contributed by atoms with E-state index in [0.717, 1.165) is 45.8 Å². The Bertz CT molecular complexity index is 1840. The van der Waals surface area contributed by atoms with E-state index >= 15 is 0 Å². The smallest absolute Gasteiger partial charge is 0.248 e. The molecule has 0 radical (unpaired) electrons. The summed E-state index contributed by atoms with van der Waals surface area (Å²) in [5.74, 6) is 0.428. The van der Waals surface area contributed by atoms with Gasteiger partial charge in [-0.05, 0) is 60.4 Å². The van der Waals surface area contributed by atoms with Gasteiger partial charge in [0.05, 0.1) is 33.2 Å². The largest absolute Gasteiger partial charge is 0.327 e. The lowest BCUT2D eigenvalue weighted by Crippen LogP contribution is -2.11. The Kier molecular flexibility index (Phi) is 12.7. The van der Waals surface area contributed by atoms with Gasteiger partial charge in [0.15, 0.2) is 0 Å². The van der Waals surface area contributed by atoms with E-state index < -0.39 is 5.91 Å². The highest BCUT2D eigenvalue weighted by Crippen LogP contribution is 2.43. The minimum atomic E-state index is -0.405. The number of hydrogen-bond donors (Lipinski definition) is 2. The van der Waals surface area contributed by atoms with E-state index in [1.165, 1.54) is 56.7 Å². The zero-order chi connectivity index (χ0) is 33.9. The molecule has 3 N–H and O–H groups in total. The first-order valence-electron chi connectivity index (χ1n) is 16.6. The summed E-state index contributed by atoms with van der Waals surface area (Å²) in [7, 11) is 0. The van der Waals surface area contributed by atoms with Crippen molar-refractivity contribution < 1.29 is 9.59 Å². The molecule has 7 nitrogen and oxygen atoms in total. The van der Waals surface area contributed by atoms with E-state index in [0.29, 0.717) is 22.0 Å². The molecule has 6 rings (SSSR count). The summed E-state index contributed by atoms with van der Waals surface area (Å²) in [6, 6.07) is 16.3. The number of pyridine rings is 1. The summed E-state index contributed by atoms with van der Waals surface area (Å²) < 4.78 is 1.82. The van der Waals surface area contributed by atoms with Gasteiger partial charge < -0.3 is 15.5 Å². The van der Waals surface area contributed by atoms with Crippen molar-refractivity contribution in [2.24, 2.45) is 16.6 Å². The van der Waals surface area contributed by atoms with E-state index in [4.69, 9.17) is 17.3 Å². The van der Waals surface area contributed by atoms with Crippen LogP contribution in [0.4, 0.5) is 11.4 Å². The first-order chi connectivity index (χ1) is 22.9. The summed E-state index contributed by atoms with van der Waals surface area (Å²) in [6.07, 6.45) is 16.2. The van der Waals surface area contributed by atoms with Gasteiger partial charge in [-0.25, -0.2) is 0 Å². The van der Waals surface area contributed by atoms with Crippen LogP contribution < -0.4 is 11.1 Å². The van der Waals surface area contributed by atoms with E-state index in [1.807, 2.05) is 61.9 Å². The highest BCUT2D eigenvalue weighted by Gasteiger charge is 2.22. The molecule has 47 heavy (non-hydrogen) atoms. The molecule has 0 atom stereocenters. The number of anilines is 1. The first-order valence-corrected chi connectivity index (χ1v) is 16.9. The third kappa shape index (κ3) is 8.08. The minimum absolute atomic E-state index is 0.183. The molecule has 1 fully saturated rings. The Balaban J connectivity index is 0.000000433. The van der Waals surface area contributed by atoms with Gasteiger partial charge in [0.2, 0.25) is 11.7 Å². The predicted octanol–water partition coefficient (Wildman–Crippen LogP) is 9.39. The molecule has 244 valence electrons. The number of amides is 1. The van der Waals surface area contributed by atoms with Gasteiger partial charge in [-0.1, -0.05) is 89.1 Å². The SMILES string of the molecule is CC.CCC1CCCCC1.Cc1cc2c(c(Cl)c1-c1cccn3c(C(=O)c4ccc(NC(=O)/C=C/CN)c(C#N)c4)ccc13)N=CC2. The van der Waals surface area contributed by atoms with Crippen LogP contribution in [-0.4, -0.2) is 28.9 Å². The summed E-state index contributed by atoms with van der Waals surface area (Å²) in [6.45, 7) is 8.56. The fourth-order valence-electron chi connectivity index (χ4n) is 6.21. The molecule has 0 saturated heterocycles. The second-order valence-corrected chi connectivity index (χ2v) is 11.9. The molecule has 1 saturated carbocycles. The van der Waals surface area contributed by atoms with Crippen LogP contribution >= 0.6 is 11.6 Å². The van der Waals surface area contributed by atoms with Crippen LogP contribution in [-0.2, 0) is 11.2 Å². The molecule has 2 aromatic carbocycles. The third-order valence-electron chi connectivity index (χ3n) is 8.61. The molecule has 0 unspecified atom stereocenters. The minimum Gasteiger partial charge on any atom is -0.327 e. The number of fused-ring (bicyclic) bond motifs is 2. The van der Waals surface area contributed by atoms with Gasteiger partial charge in [0.1, 0.15) is 6.07 Å². The Morgan fingerprint density at radius 1 is 1.13 bits per heavy atom. The molecule has 2 aliphatic rings. The maximum Gasteiger partial charge on any atom is 0.248 e. The lowest BCUT2D eigenvalue weighted by molar-refractivity contribution is -0.111. The number of aryl methyl sites for hydroxylation is 1. The number of rotatable bonds is 7. The number of aromatic nitrogens is 1. The zero-order valence-electron chi connectivity index (χ0n) is 27.8. The first kappa shape index (κ1) is 35.3. The third-order valence-corrected chi connectivity index (χ3v) is 8.98. The fraction of sp³-hybridized carbons (Fsp3) is 0.333. The van der Waals surface area contributed by atoms with Crippen molar-refractivity contribution in [3.63, 3.8) is 0 Å². The fourth-order valence-corrected chi connectivity index (χ4v) is 6.63. The second kappa shape index (κ2) is 16.9. The van der Waals surface area contributed by atoms with Crippen LogP contribution in [0.5, 0.6) is 0 Å². The van der Waals surface area contributed by atoms with E-state index in [2.05, 4.69) is 23.3 Å². The second-order valence-electron chi connectivity index (χ2n) is 11.5. The maximum absolute atomic E-state index is 13.5. The topological polar surface area (TPSA) is 113 Å². The molecule has 8 heteroatoms. The molecular weight excluding hydrogens is 606 g/mol. The number of nitriles is 1. The molecule has 0 spiro atoms. The van der Waals surface area contributed by atoms with Crippen molar-refractivity contribution >= 4 is 46.4 Å². The Morgan fingerprint density at radius 2 is 1.89 bits per heavy atom. The van der Waals surface area contributed by atoms with Gasteiger partial charge in [-0.2, -0.15) is 5.26 Å². The van der Waals surface area contributed by atoms with Crippen LogP contribution in [0.25, 0.3) is 16.6 Å². The van der Waals surface area contributed by atoms with Crippen LogP contribution in [0, 0.1) is 24.2 Å². The number of aliphatic imine (C=N–C) groups is 1. The zero-order valence-corrected chi connectivity index (χ0v) is 28.5. The number of hydrogen-bond acceptors (Lipinski definition) is 5. The maximum atomic E-state index is 13.5. The van der Waals surface area contributed by atoms with Gasteiger partial charge >= 0.3 is 0 Å². The average Bonchev–Trinajstić information content (AvgIpc) is 3.77. The monoisotopic (exact) mass is 649 g/mol. The predicted molar refractivity (Wildman–Crippen MR) is 194 cm³/mol. The molecule has 4 aromatic rings. The molecule has 1 aliphatic heterocycles. The lowest BCUT2D eigenvalue weighted by atomic mass is 9.88. The van der Waals surface area contributed by atoms with Crippen molar-refractivity contribution in [2.75, 3.05) is 11.9 Å². The van der Waals surface area contributed by atoms with Crippen LogP contribution in [0.1, 0.15) is 92.0 Å². The van der Waals surface area contributed by atoms with Crippen LogP contribution in [0.15, 0.2) is 71.9 Å². The number of carbonyl (C=O) groups is 2. The van der Waals surface area contributed by atoms with Crippen molar-refractivity contribution in [2.45, 2.75) is 72.6 Å². The van der Waals surface area contributed by atoms with Crippen molar-refractivity contribution in [3.05, 3.63) is 99.9 Å². The molecule has 2 aromatic heterocycles. The standard InChI is InChI=1S/C29H22ClN5O2.C8H16.C2H6/c1-17-14-18-10-12-33-28(18)27(30)26(17)21-4-3-13-35-23(21)8-9-24(35)29(37)19-6-7-22(20(15-19)16-32)34-25(36)5-2-11-31;1-2-8-6-4-3-5-7-8;1-2/h2-9,12-15H,10-11,31H2,1H3,(H,34,36);8H,2-7H2,1H3;1-2H3/b5-2+;;. The molecule has 3 heterocycles. The van der Waals surface area contributed by atoms with Crippen LogP contribution in [0.3, 0.4) is 0 Å². The quantitative estimate of drug-likeness (QED) is 0.153. The van der Waals surface area contributed by atoms with E-state index in [9.17, 15) is 14.9 Å². The Hall–Kier alpha value is -4.51. The summed E-state index contributed by atoms with van der Waals surface area (Å²) in [4.78, 5) is 30.0. The summed E-state index contributed by atoms with van der Waals surface area (Å²) in [5, 5.41) is 12.9. The Labute approximate surface area is 283 Å². The van der Waals surface area contributed by atoms with Gasteiger partial charge in [0, 0.05) is 48.1 Å². The Morgan fingerprint density at radius 3 is 2.57 bits per heavy atom. The number of halogens is 1. The molecular formula is C39H44ClN5O2. The lowest BCUT2D eigenvalue weighted by Gasteiger charge is -2.18. The number of benzene rings is 2. The van der Waals surface area contributed by atoms with E-state index in [1.54, 1.807) is 18.2 Å². The number of carbonyl (C=O) groups excluding carboxylic acids is 2. The van der Waals surface area contributed by atoms with E-state index in [-0.39, 0.29) is 17.9 Å². The number of ketones is 1. The highest BCUT2D eigenvalue weighted by molar-refractivity contribution is 6.36. The van der Waals surface area contributed by atoms with Gasteiger partial charge in [0.25, 0.3) is 0 Å². The van der Waals surface area contributed by atoms with Crippen molar-refractivity contribution in [3.8, 4) is 17.2 Å². The summed E-state index contributed by atoms with van der Waals surface area (Å²) >= 11 is 6.81. The molecule has 0 bridgehead atoms. The summed E-state index contributed by atoms with van der Waals surface area (Å²) in [5.41, 5.74) is 12.2. The number of nitrogens with one attached hydrogen (secondary N) is 1. The number of nitrogens with two attached hydrogens (primary N) is 1. The number of nitrogens with zero attached hydrogens (tertiary/aromatic N) is 3. The van der Waals surface area contributed by atoms with Gasteiger partial charge in [-0.3, -0.25) is 14.6 Å². The normalized spacial score (nSPS) is 13.7. The molecule has 1 aliphatic carbocycles. The highest BCUT2D eigenvalue weighted by atomic mass is 35.5. The van der Waals surface area contributed by atoms with Crippen molar-refractivity contribution in [1.29, 1.82) is 5.26 Å². The average molecular weight is 650 g/mol. The van der Waals surface area contributed by atoms with Gasteiger partial charge in [-0.15, -0.1) is 0 Å². The molecule has 1 amide bonds. The van der Waals surface area contributed by atoms with Crippen molar-refractivity contribution in [1.82, 2.24) is 4.40 Å².